The van der Waals surface area contributed by atoms with Gasteiger partial charge in [-0.05, 0) is 24.3 Å². The third-order valence-electron chi connectivity index (χ3n) is 3.23. The predicted octanol–water partition coefficient (Wildman–Crippen LogP) is 3.46. The van der Waals surface area contributed by atoms with Crippen LogP contribution in [0.25, 0.3) is 0 Å². The summed E-state index contributed by atoms with van der Waals surface area (Å²) in [6, 6.07) is 10.7. The van der Waals surface area contributed by atoms with Gasteiger partial charge in [-0.1, -0.05) is 18.2 Å². The number of para-hydroxylation sites is 1. The second-order valence-electron chi connectivity index (χ2n) is 5.02. The fourth-order valence-electron chi connectivity index (χ4n) is 2.05. The van der Waals surface area contributed by atoms with Crippen LogP contribution in [0, 0.1) is 0 Å². The Morgan fingerprint density at radius 1 is 1.12 bits per heavy atom. The minimum Gasteiger partial charge on any atom is -0.491 e. The average molecular weight is 480 g/mol. The van der Waals surface area contributed by atoms with Crippen LogP contribution < -0.4 is 15.4 Å². The third kappa shape index (κ3) is 7.06. The summed E-state index contributed by atoms with van der Waals surface area (Å²) in [5.74, 6) is 0.326. The molecule has 0 bridgehead atoms. The van der Waals surface area contributed by atoms with E-state index in [4.69, 9.17) is 4.74 Å². The largest absolute Gasteiger partial charge is 0.491 e. The molecule has 0 spiro atoms. The van der Waals surface area contributed by atoms with E-state index < -0.39 is 11.7 Å². The Morgan fingerprint density at radius 2 is 1.85 bits per heavy atom. The molecule has 2 rings (SSSR count). The molecule has 0 amide bonds. The van der Waals surface area contributed by atoms with Crippen molar-refractivity contribution in [1.82, 2.24) is 15.6 Å². The molecule has 1 aromatic heterocycles. The second-order valence-corrected chi connectivity index (χ2v) is 5.02. The highest BCUT2D eigenvalue weighted by Crippen LogP contribution is 2.35. The Balaban J connectivity index is 0.00000338. The van der Waals surface area contributed by atoms with E-state index in [0.717, 1.165) is 11.8 Å². The fourth-order valence-corrected chi connectivity index (χ4v) is 2.05. The van der Waals surface area contributed by atoms with Gasteiger partial charge in [0.15, 0.2) is 5.96 Å². The van der Waals surface area contributed by atoms with Gasteiger partial charge in [0.2, 0.25) is 0 Å². The molecule has 0 atom stereocenters. The van der Waals surface area contributed by atoms with Crippen molar-refractivity contribution in [2.75, 3.05) is 20.2 Å². The van der Waals surface area contributed by atoms with Crippen molar-refractivity contribution in [1.29, 1.82) is 0 Å². The van der Waals surface area contributed by atoms with Gasteiger partial charge in [0, 0.05) is 13.2 Å². The second kappa shape index (κ2) is 10.8. The van der Waals surface area contributed by atoms with E-state index in [2.05, 4.69) is 20.6 Å². The monoisotopic (exact) mass is 480 g/mol. The highest BCUT2D eigenvalue weighted by Gasteiger charge is 2.33. The van der Waals surface area contributed by atoms with Gasteiger partial charge >= 0.3 is 6.18 Å². The van der Waals surface area contributed by atoms with E-state index in [9.17, 15) is 13.2 Å². The number of ether oxygens (including phenoxy) is 1. The maximum absolute atomic E-state index is 12.9. The highest BCUT2D eigenvalue weighted by molar-refractivity contribution is 14.0. The van der Waals surface area contributed by atoms with Crippen LogP contribution in [-0.4, -0.2) is 31.1 Å². The molecule has 0 radical (unpaired) electrons. The number of nitrogens with one attached hydrogen (secondary N) is 2. The number of guanidine groups is 1. The number of alkyl halides is 3. The number of hydrogen-bond donors (Lipinski definition) is 2. The minimum absolute atomic E-state index is 0. The topological polar surface area (TPSA) is 58.5 Å². The summed E-state index contributed by atoms with van der Waals surface area (Å²) in [5, 5.41) is 6.03. The first-order valence-electron chi connectivity index (χ1n) is 7.64. The summed E-state index contributed by atoms with van der Waals surface area (Å²) < 4.78 is 43.9. The Kier molecular flexibility index (Phi) is 9.17. The third-order valence-corrected chi connectivity index (χ3v) is 3.23. The minimum atomic E-state index is -4.44. The summed E-state index contributed by atoms with van der Waals surface area (Å²) in [7, 11) is 1.60. The van der Waals surface area contributed by atoms with E-state index in [1.54, 1.807) is 13.2 Å². The summed E-state index contributed by atoms with van der Waals surface area (Å²) in [4.78, 5) is 8.21. The molecule has 1 heterocycles. The number of rotatable bonds is 6. The van der Waals surface area contributed by atoms with Gasteiger partial charge in [-0.25, -0.2) is 0 Å². The van der Waals surface area contributed by atoms with Gasteiger partial charge in [-0.2, -0.15) is 13.2 Å². The van der Waals surface area contributed by atoms with Gasteiger partial charge in [-0.3, -0.25) is 9.98 Å². The number of aliphatic imine (C=N–C) groups is 1. The molecule has 0 unspecified atom stereocenters. The van der Waals surface area contributed by atoms with Crippen molar-refractivity contribution in [3.63, 3.8) is 0 Å². The Morgan fingerprint density at radius 3 is 2.50 bits per heavy atom. The number of benzene rings is 1. The molecule has 0 saturated carbocycles. The molecule has 0 aliphatic rings. The van der Waals surface area contributed by atoms with Crippen LogP contribution in [0.2, 0.25) is 0 Å². The normalized spacial score (nSPS) is 11.5. The summed E-state index contributed by atoms with van der Waals surface area (Å²) in [6.07, 6.45) is -2.75. The van der Waals surface area contributed by atoms with E-state index in [0.29, 0.717) is 19.0 Å². The van der Waals surface area contributed by atoms with Gasteiger partial charge in [0.05, 0.1) is 24.3 Å². The van der Waals surface area contributed by atoms with E-state index in [1.165, 1.54) is 18.2 Å². The first kappa shape index (κ1) is 22.0. The van der Waals surface area contributed by atoms with Crippen molar-refractivity contribution in [3.8, 4) is 5.75 Å². The summed E-state index contributed by atoms with van der Waals surface area (Å²) in [5.41, 5.74) is 0.0634. The quantitative estimate of drug-likeness (QED) is 0.288. The molecule has 0 aliphatic carbocycles. The van der Waals surface area contributed by atoms with Gasteiger partial charge in [0.25, 0.3) is 0 Å². The summed E-state index contributed by atoms with van der Waals surface area (Å²) >= 11 is 0. The zero-order valence-corrected chi connectivity index (χ0v) is 16.4. The Bertz CT molecular complexity index is 696. The molecule has 2 N–H and O–H groups in total. The zero-order valence-electron chi connectivity index (χ0n) is 14.1. The number of aromatic nitrogens is 1. The molecule has 2 aromatic rings. The molecule has 9 heteroatoms. The van der Waals surface area contributed by atoms with E-state index in [-0.39, 0.29) is 36.3 Å². The van der Waals surface area contributed by atoms with Crippen LogP contribution in [0.5, 0.6) is 5.75 Å². The van der Waals surface area contributed by atoms with Crippen LogP contribution >= 0.6 is 24.0 Å². The standard InChI is InChI=1S/C17H19F3N4O.HI/c1-21-16(24-12-13-6-4-5-9-22-13)23-10-11-25-15-8-3-2-7-14(15)17(18,19)20;/h2-9H,10-12H2,1H3,(H2,21,23,24);1H. The van der Waals surface area contributed by atoms with Gasteiger partial charge in [0.1, 0.15) is 12.4 Å². The maximum Gasteiger partial charge on any atom is 0.419 e. The molecule has 0 aliphatic heterocycles. The first-order valence-corrected chi connectivity index (χ1v) is 7.64. The lowest BCUT2D eigenvalue weighted by atomic mass is 10.2. The predicted molar refractivity (Wildman–Crippen MR) is 105 cm³/mol. The smallest absolute Gasteiger partial charge is 0.419 e. The molecule has 142 valence electrons. The molecular formula is C17H20F3IN4O. The van der Waals surface area contributed by atoms with Crippen molar-refractivity contribution < 1.29 is 17.9 Å². The number of hydrogen-bond acceptors (Lipinski definition) is 3. The molecule has 0 fully saturated rings. The van der Waals surface area contributed by atoms with Crippen molar-refractivity contribution in [3.05, 3.63) is 59.9 Å². The lowest BCUT2D eigenvalue weighted by molar-refractivity contribution is -0.138. The van der Waals surface area contributed by atoms with Crippen LogP contribution in [-0.2, 0) is 12.7 Å². The number of halogens is 4. The molecule has 5 nitrogen and oxygen atoms in total. The zero-order chi connectivity index (χ0) is 18.1. The van der Waals surface area contributed by atoms with Crippen LogP contribution in [0.4, 0.5) is 13.2 Å². The van der Waals surface area contributed by atoms with Crippen molar-refractivity contribution >= 4 is 29.9 Å². The van der Waals surface area contributed by atoms with Crippen molar-refractivity contribution in [2.45, 2.75) is 12.7 Å². The van der Waals surface area contributed by atoms with Crippen LogP contribution in [0.3, 0.4) is 0 Å². The van der Waals surface area contributed by atoms with Crippen molar-refractivity contribution in [2.24, 2.45) is 4.99 Å². The number of pyridine rings is 1. The first-order chi connectivity index (χ1) is 12.0. The van der Waals surface area contributed by atoms with Gasteiger partial charge in [-0.15, -0.1) is 24.0 Å². The van der Waals surface area contributed by atoms with Crippen LogP contribution in [0.1, 0.15) is 11.3 Å². The average Bonchev–Trinajstić information content (AvgIpc) is 2.61. The molecule has 0 saturated heterocycles. The molecule has 1 aromatic carbocycles. The van der Waals surface area contributed by atoms with Crippen LogP contribution in [0.15, 0.2) is 53.7 Å². The SMILES string of the molecule is CN=C(NCCOc1ccccc1C(F)(F)F)NCc1ccccn1.I. The number of nitrogens with zero attached hydrogens (tertiary/aromatic N) is 2. The maximum atomic E-state index is 12.9. The van der Waals surface area contributed by atoms with E-state index >= 15 is 0 Å². The van der Waals surface area contributed by atoms with Gasteiger partial charge < -0.3 is 15.4 Å². The van der Waals surface area contributed by atoms with E-state index in [1.807, 2.05) is 18.2 Å². The fraction of sp³-hybridized carbons (Fsp3) is 0.294. The Labute approximate surface area is 167 Å². The highest BCUT2D eigenvalue weighted by atomic mass is 127. The summed E-state index contributed by atoms with van der Waals surface area (Å²) in [6.45, 7) is 0.851. The lowest BCUT2D eigenvalue weighted by Crippen LogP contribution is -2.39. The Hall–Kier alpha value is -2.04. The molecular weight excluding hydrogens is 460 g/mol. The lowest BCUT2D eigenvalue weighted by Gasteiger charge is -2.15. The molecule has 26 heavy (non-hydrogen) atoms.